The maximum atomic E-state index is 5.34. The number of methoxy groups -OCH3 is 2. The lowest BCUT2D eigenvalue weighted by atomic mass is 10.1. The van der Waals surface area contributed by atoms with E-state index in [1.807, 2.05) is 18.2 Å². The Morgan fingerprint density at radius 3 is 2.31 bits per heavy atom. The molecule has 1 saturated heterocycles. The van der Waals surface area contributed by atoms with Crippen molar-refractivity contribution in [3.8, 4) is 5.75 Å². The average molecular weight is 553 g/mol. The Balaban J connectivity index is 0.00000363. The number of benzene rings is 2. The maximum absolute atomic E-state index is 5.34. The lowest BCUT2D eigenvalue weighted by molar-refractivity contribution is 0.184. The van der Waals surface area contributed by atoms with Crippen molar-refractivity contribution in [1.29, 1.82) is 0 Å². The van der Waals surface area contributed by atoms with Crippen molar-refractivity contribution < 1.29 is 9.47 Å². The number of guanidine groups is 1. The van der Waals surface area contributed by atoms with E-state index in [1.165, 1.54) is 29.5 Å². The van der Waals surface area contributed by atoms with E-state index in [-0.39, 0.29) is 24.0 Å². The lowest BCUT2D eigenvalue weighted by Crippen LogP contribution is -2.42. The molecule has 1 heterocycles. The van der Waals surface area contributed by atoms with Crippen LogP contribution in [0.5, 0.6) is 5.75 Å². The van der Waals surface area contributed by atoms with Gasteiger partial charge in [0.2, 0.25) is 0 Å². The maximum Gasteiger partial charge on any atom is 0.191 e. The first-order valence-corrected chi connectivity index (χ1v) is 11.2. The van der Waals surface area contributed by atoms with Gasteiger partial charge in [-0.1, -0.05) is 36.4 Å². The van der Waals surface area contributed by atoms with Gasteiger partial charge in [-0.3, -0.25) is 4.90 Å². The van der Waals surface area contributed by atoms with Crippen molar-refractivity contribution in [1.82, 2.24) is 15.5 Å². The second-order valence-corrected chi connectivity index (χ2v) is 7.81. The molecule has 0 saturated carbocycles. The molecule has 0 aromatic heterocycles. The third-order valence-corrected chi connectivity index (χ3v) is 5.71. The zero-order chi connectivity index (χ0) is 21.9. The predicted octanol–water partition coefficient (Wildman–Crippen LogP) is 4.35. The zero-order valence-electron chi connectivity index (χ0n) is 19.5. The van der Waals surface area contributed by atoms with Crippen LogP contribution in [0.15, 0.2) is 53.5 Å². The summed E-state index contributed by atoms with van der Waals surface area (Å²) >= 11 is 0. The van der Waals surface area contributed by atoms with Crippen LogP contribution in [0.2, 0.25) is 0 Å². The molecule has 1 aliphatic heterocycles. The summed E-state index contributed by atoms with van der Waals surface area (Å²) < 4.78 is 10.7. The topological polar surface area (TPSA) is 58.1 Å². The van der Waals surface area contributed by atoms with Crippen LogP contribution in [0.3, 0.4) is 0 Å². The van der Waals surface area contributed by atoms with Crippen LogP contribution in [0.25, 0.3) is 0 Å². The summed E-state index contributed by atoms with van der Waals surface area (Å²) in [5, 5.41) is 6.97. The smallest absolute Gasteiger partial charge is 0.191 e. The molecule has 1 aliphatic rings. The highest BCUT2D eigenvalue weighted by Crippen LogP contribution is 2.26. The van der Waals surface area contributed by atoms with E-state index < -0.39 is 0 Å². The highest BCUT2D eigenvalue weighted by molar-refractivity contribution is 14.0. The van der Waals surface area contributed by atoms with Gasteiger partial charge in [0.05, 0.1) is 26.3 Å². The Morgan fingerprint density at radius 1 is 1.00 bits per heavy atom. The molecule has 3 rings (SSSR count). The number of ether oxygens (including phenoxy) is 2. The monoisotopic (exact) mass is 552 g/mol. The van der Waals surface area contributed by atoms with Crippen molar-refractivity contribution in [2.45, 2.75) is 39.0 Å². The zero-order valence-corrected chi connectivity index (χ0v) is 21.8. The van der Waals surface area contributed by atoms with E-state index in [4.69, 9.17) is 14.5 Å². The van der Waals surface area contributed by atoms with Gasteiger partial charge in [-0.2, -0.15) is 0 Å². The second kappa shape index (κ2) is 14.3. The molecule has 0 aliphatic carbocycles. The van der Waals surface area contributed by atoms with Gasteiger partial charge in [0.25, 0.3) is 0 Å². The van der Waals surface area contributed by atoms with Crippen LogP contribution in [0, 0.1) is 0 Å². The lowest BCUT2D eigenvalue weighted by Gasteiger charge is -2.29. The van der Waals surface area contributed by atoms with Crippen LogP contribution >= 0.6 is 24.0 Å². The van der Waals surface area contributed by atoms with Crippen molar-refractivity contribution in [3.63, 3.8) is 0 Å². The standard InChI is InChI=1S/C25H36N4O2.HI/c1-4-26-25(27-17-21-9-5-6-10-22(21)19-30-2)28-18-24(29-15-7-8-16-29)20-11-13-23(31-3)14-12-20;/h5-6,9-14,24H,4,7-8,15-19H2,1-3H3,(H2,26,27,28);1H. The minimum Gasteiger partial charge on any atom is -0.497 e. The minimum atomic E-state index is 0. The first-order chi connectivity index (χ1) is 15.2. The molecule has 1 unspecified atom stereocenters. The Morgan fingerprint density at radius 2 is 1.69 bits per heavy atom. The summed E-state index contributed by atoms with van der Waals surface area (Å²) in [5.41, 5.74) is 3.67. The molecular weight excluding hydrogens is 515 g/mol. The Labute approximate surface area is 209 Å². The van der Waals surface area contributed by atoms with Gasteiger partial charge in [0, 0.05) is 20.2 Å². The first kappa shape index (κ1) is 26.4. The van der Waals surface area contributed by atoms with Crippen LogP contribution in [0.4, 0.5) is 0 Å². The van der Waals surface area contributed by atoms with Crippen molar-refractivity contribution in [2.24, 2.45) is 4.99 Å². The fourth-order valence-corrected chi connectivity index (χ4v) is 4.04. The summed E-state index contributed by atoms with van der Waals surface area (Å²) in [7, 11) is 3.43. The number of likely N-dealkylation sites (tertiary alicyclic amines) is 1. The first-order valence-electron chi connectivity index (χ1n) is 11.2. The molecule has 2 aromatic carbocycles. The van der Waals surface area contributed by atoms with Gasteiger partial charge < -0.3 is 20.1 Å². The number of nitrogens with one attached hydrogen (secondary N) is 2. The van der Waals surface area contributed by atoms with E-state index in [9.17, 15) is 0 Å². The van der Waals surface area contributed by atoms with Gasteiger partial charge in [0.15, 0.2) is 5.96 Å². The molecule has 0 amide bonds. The normalized spacial score (nSPS) is 15.2. The SMILES string of the molecule is CCNC(=NCc1ccccc1COC)NCC(c1ccc(OC)cc1)N1CCCC1.I. The fourth-order valence-electron chi connectivity index (χ4n) is 4.04. The Bertz CT molecular complexity index is 823. The van der Waals surface area contributed by atoms with Crippen molar-refractivity contribution in [3.05, 3.63) is 65.2 Å². The fraction of sp³-hybridized carbons (Fsp3) is 0.480. The molecule has 0 radical (unpaired) electrons. The van der Waals surface area contributed by atoms with E-state index in [1.54, 1.807) is 14.2 Å². The summed E-state index contributed by atoms with van der Waals surface area (Å²) in [6.45, 7) is 7.21. The molecular formula is C25H37IN4O2. The number of hydrogen-bond acceptors (Lipinski definition) is 4. The second-order valence-electron chi connectivity index (χ2n) is 7.81. The molecule has 6 nitrogen and oxygen atoms in total. The Kier molecular flexibility index (Phi) is 11.8. The van der Waals surface area contributed by atoms with Crippen LogP contribution < -0.4 is 15.4 Å². The molecule has 1 atom stereocenters. The van der Waals surface area contributed by atoms with E-state index >= 15 is 0 Å². The van der Waals surface area contributed by atoms with Crippen molar-refractivity contribution in [2.75, 3.05) is 40.4 Å². The molecule has 2 aromatic rings. The number of hydrogen-bond donors (Lipinski definition) is 2. The van der Waals surface area contributed by atoms with Gasteiger partial charge in [-0.25, -0.2) is 4.99 Å². The van der Waals surface area contributed by atoms with E-state index in [0.717, 1.165) is 37.9 Å². The molecule has 0 spiro atoms. The van der Waals surface area contributed by atoms with Gasteiger partial charge in [-0.15, -0.1) is 24.0 Å². The third kappa shape index (κ3) is 7.64. The largest absolute Gasteiger partial charge is 0.497 e. The van der Waals surface area contributed by atoms with Crippen LogP contribution in [-0.4, -0.2) is 51.3 Å². The molecule has 176 valence electrons. The molecule has 0 bridgehead atoms. The highest BCUT2D eigenvalue weighted by atomic mass is 127. The summed E-state index contributed by atoms with van der Waals surface area (Å²) in [4.78, 5) is 7.41. The molecule has 2 N–H and O–H groups in total. The highest BCUT2D eigenvalue weighted by Gasteiger charge is 2.23. The third-order valence-electron chi connectivity index (χ3n) is 5.71. The van der Waals surface area contributed by atoms with Crippen molar-refractivity contribution >= 4 is 29.9 Å². The number of rotatable bonds is 10. The predicted molar refractivity (Wildman–Crippen MR) is 142 cm³/mol. The summed E-state index contributed by atoms with van der Waals surface area (Å²) in [6.07, 6.45) is 2.52. The molecule has 32 heavy (non-hydrogen) atoms. The number of aliphatic imine (C=N–C) groups is 1. The molecule has 7 heteroatoms. The summed E-state index contributed by atoms with van der Waals surface area (Å²) in [5.74, 6) is 1.73. The van der Waals surface area contributed by atoms with Gasteiger partial charge in [-0.05, 0) is 61.7 Å². The van der Waals surface area contributed by atoms with Gasteiger partial charge >= 0.3 is 0 Å². The minimum absolute atomic E-state index is 0. The number of nitrogens with zero attached hydrogens (tertiary/aromatic N) is 2. The Hall–Kier alpha value is -1.84. The number of halogens is 1. The van der Waals surface area contributed by atoms with Crippen LogP contribution in [0.1, 0.15) is 42.5 Å². The average Bonchev–Trinajstić information content (AvgIpc) is 3.33. The van der Waals surface area contributed by atoms with E-state index in [2.05, 4.69) is 52.8 Å². The van der Waals surface area contributed by atoms with E-state index in [0.29, 0.717) is 19.2 Å². The molecule has 1 fully saturated rings. The van der Waals surface area contributed by atoms with Gasteiger partial charge in [0.1, 0.15) is 5.75 Å². The quantitative estimate of drug-likeness (QED) is 0.261. The van der Waals surface area contributed by atoms with Crippen LogP contribution in [-0.2, 0) is 17.9 Å². The summed E-state index contributed by atoms with van der Waals surface area (Å²) in [6, 6.07) is 17.1.